The fourth-order valence-corrected chi connectivity index (χ4v) is 1.76. The minimum atomic E-state index is -0.247. The van der Waals surface area contributed by atoms with Crippen LogP contribution in [-0.4, -0.2) is 0 Å². The van der Waals surface area contributed by atoms with Gasteiger partial charge in [0, 0.05) is 0 Å². The highest BCUT2D eigenvalue weighted by Gasteiger charge is 2.24. The Kier molecular flexibility index (Phi) is 5.37. The maximum Gasteiger partial charge on any atom is 0.0686 e. The Bertz CT molecular complexity index is 267. The lowest BCUT2D eigenvalue weighted by Crippen LogP contribution is -2.15. The first kappa shape index (κ1) is 14.0. The standard InChI is InChI=1S/C13H22N2/c1-5-7-13(4,11-15)9-6-8-12(2,3)10-14/h5-9H2,1-4H3. The first-order valence-electron chi connectivity index (χ1n) is 5.71. The van der Waals surface area contributed by atoms with Gasteiger partial charge in [-0.15, -0.1) is 0 Å². The zero-order valence-corrected chi connectivity index (χ0v) is 10.4. The van der Waals surface area contributed by atoms with Gasteiger partial charge < -0.3 is 0 Å². The van der Waals surface area contributed by atoms with E-state index in [1.54, 1.807) is 0 Å². The molecule has 2 nitrogen and oxygen atoms in total. The summed E-state index contributed by atoms with van der Waals surface area (Å²) in [7, 11) is 0. The minimum Gasteiger partial charge on any atom is -0.198 e. The molecule has 0 heterocycles. The molecular formula is C13H22N2. The molecule has 0 radical (unpaired) electrons. The summed E-state index contributed by atoms with van der Waals surface area (Å²) in [6.07, 6.45) is 4.75. The summed E-state index contributed by atoms with van der Waals surface area (Å²) in [4.78, 5) is 0. The van der Waals surface area contributed by atoms with Crippen molar-refractivity contribution in [1.82, 2.24) is 0 Å². The Hall–Kier alpha value is -1.02. The molecule has 84 valence electrons. The molecule has 0 aliphatic rings. The van der Waals surface area contributed by atoms with Crippen LogP contribution in [0, 0.1) is 33.5 Å². The molecule has 0 saturated heterocycles. The van der Waals surface area contributed by atoms with Crippen LogP contribution in [0.5, 0.6) is 0 Å². The molecule has 0 saturated carbocycles. The SMILES string of the molecule is CCCC(C)(C#N)CCCC(C)(C)C#N. The molecule has 15 heavy (non-hydrogen) atoms. The molecule has 1 unspecified atom stereocenters. The van der Waals surface area contributed by atoms with Crippen molar-refractivity contribution in [1.29, 1.82) is 10.5 Å². The van der Waals surface area contributed by atoms with E-state index in [1.165, 1.54) is 0 Å². The minimum absolute atomic E-state index is 0.194. The van der Waals surface area contributed by atoms with Crippen molar-refractivity contribution < 1.29 is 0 Å². The molecule has 0 spiro atoms. The van der Waals surface area contributed by atoms with E-state index in [2.05, 4.69) is 19.1 Å². The average Bonchev–Trinajstić information content (AvgIpc) is 2.18. The second-order valence-corrected chi connectivity index (χ2v) is 5.27. The lowest BCUT2D eigenvalue weighted by atomic mass is 9.79. The van der Waals surface area contributed by atoms with Crippen molar-refractivity contribution in [3.8, 4) is 12.1 Å². The smallest absolute Gasteiger partial charge is 0.0686 e. The third-order valence-corrected chi connectivity index (χ3v) is 2.90. The van der Waals surface area contributed by atoms with Crippen molar-refractivity contribution in [3.05, 3.63) is 0 Å². The Morgan fingerprint density at radius 1 is 0.933 bits per heavy atom. The fraction of sp³-hybridized carbons (Fsp3) is 0.846. The van der Waals surface area contributed by atoms with E-state index >= 15 is 0 Å². The molecule has 0 bridgehead atoms. The van der Waals surface area contributed by atoms with Gasteiger partial charge in [-0.1, -0.05) is 19.8 Å². The summed E-state index contributed by atoms with van der Waals surface area (Å²) < 4.78 is 0. The number of hydrogen-bond donors (Lipinski definition) is 0. The van der Waals surface area contributed by atoms with E-state index in [0.717, 1.165) is 32.1 Å². The topological polar surface area (TPSA) is 47.6 Å². The summed E-state index contributed by atoms with van der Waals surface area (Å²) in [6.45, 7) is 8.04. The van der Waals surface area contributed by atoms with Crippen molar-refractivity contribution in [3.63, 3.8) is 0 Å². The highest BCUT2D eigenvalue weighted by Crippen LogP contribution is 2.31. The van der Waals surface area contributed by atoms with Crippen LogP contribution >= 0.6 is 0 Å². The van der Waals surface area contributed by atoms with Crippen molar-refractivity contribution in [2.45, 2.75) is 59.8 Å². The summed E-state index contributed by atoms with van der Waals surface area (Å²) >= 11 is 0. The van der Waals surface area contributed by atoms with E-state index in [1.807, 2.05) is 20.8 Å². The molecule has 2 heteroatoms. The van der Waals surface area contributed by atoms with Gasteiger partial charge in [0.15, 0.2) is 0 Å². The number of hydrogen-bond acceptors (Lipinski definition) is 2. The number of rotatable bonds is 6. The summed E-state index contributed by atoms with van der Waals surface area (Å²) in [5.41, 5.74) is -0.442. The lowest BCUT2D eigenvalue weighted by Gasteiger charge is -2.22. The predicted octanol–water partition coefficient (Wildman–Crippen LogP) is 4.04. The largest absolute Gasteiger partial charge is 0.198 e. The summed E-state index contributed by atoms with van der Waals surface area (Å²) in [5, 5.41) is 18.0. The molecule has 0 amide bonds. The van der Waals surface area contributed by atoms with Gasteiger partial charge in [-0.3, -0.25) is 0 Å². The maximum atomic E-state index is 9.09. The van der Waals surface area contributed by atoms with Gasteiger partial charge in [-0.25, -0.2) is 0 Å². The molecule has 0 aromatic rings. The molecular weight excluding hydrogens is 184 g/mol. The molecule has 0 aromatic heterocycles. The lowest BCUT2D eigenvalue weighted by molar-refractivity contribution is 0.323. The first-order valence-corrected chi connectivity index (χ1v) is 5.71. The van der Waals surface area contributed by atoms with Gasteiger partial charge in [0.2, 0.25) is 0 Å². The highest BCUT2D eigenvalue weighted by atomic mass is 14.4. The fourth-order valence-electron chi connectivity index (χ4n) is 1.76. The van der Waals surface area contributed by atoms with Crippen LogP contribution in [0.15, 0.2) is 0 Å². The van der Waals surface area contributed by atoms with Crippen LogP contribution in [-0.2, 0) is 0 Å². The predicted molar refractivity (Wildman–Crippen MR) is 61.9 cm³/mol. The van der Waals surface area contributed by atoms with Crippen LogP contribution in [0.1, 0.15) is 59.8 Å². The van der Waals surface area contributed by atoms with Crippen LogP contribution in [0.2, 0.25) is 0 Å². The van der Waals surface area contributed by atoms with Crippen molar-refractivity contribution in [2.75, 3.05) is 0 Å². The summed E-state index contributed by atoms with van der Waals surface area (Å²) in [5.74, 6) is 0. The van der Waals surface area contributed by atoms with Crippen LogP contribution < -0.4 is 0 Å². The van der Waals surface area contributed by atoms with Crippen LogP contribution in [0.25, 0.3) is 0 Å². The Morgan fingerprint density at radius 3 is 1.93 bits per heavy atom. The molecule has 1 atom stereocenters. The average molecular weight is 206 g/mol. The second-order valence-electron chi connectivity index (χ2n) is 5.27. The molecule has 0 fully saturated rings. The highest BCUT2D eigenvalue weighted by molar-refractivity contribution is 4.96. The second kappa shape index (κ2) is 5.76. The molecule has 0 aliphatic carbocycles. The van der Waals surface area contributed by atoms with E-state index < -0.39 is 0 Å². The van der Waals surface area contributed by atoms with Gasteiger partial charge >= 0.3 is 0 Å². The Morgan fingerprint density at radius 2 is 1.53 bits per heavy atom. The van der Waals surface area contributed by atoms with Crippen LogP contribution in [0.3, 0.4) is 0 Å². The van der Waals surface area contributed by atoms with Crippen molar-refractivity contribution >= 4 is 0 Å². The van der Waals surface area contributed by atoms with Gasteiger partial charge in [-0.05, 0) is 40.0 Å². The maximum absolute atomic E-state index is 9.09. The third kappa shape index (κ3) is 5.43. The monoisotopic (exact) mass is 206 g/mol. The van der Waals surface area contributed by atoms with E-state index in [-0.39, 0.29) is 10.8 Å². The molecule has 0 aromatic carbocycles. The third-order valence-electron chi connectivity index (χ3n) is 2.90. The Balaban J connectivity index is 4.06. The normalized spacial score (nSPS) is 15.1. The van der Waals surface area contributed by atoms with Gasteiger partial charge in [-0.2, -0.15) is 10.5 Å². The van der Waals surface area contributed by atoms with E-state index in [4.69, 9.17) is 10.5 Å². The summed E-state index contributed by atoms with van der Waals surface area (Å²) in [6, 6.07) is 4.70. The molecule has 0 rings (SSSR count). The van der Waals surface area contributed by atoms with Crippen LogP contribution in [0.4, 0.5) is 0 Å². The first-order chi connectivity index (χ1) is 6.89. The number of nitriles is 2. The zero-order chi connectivity index (χ0) is 11.9. The number of nitrogens with zero attached hydrogens (tertiary/aromatic N) is 2. The quantitative estimate of drug-likeness (QED) is 0.658. The Labute approximate surface area is 93.9 Å². The van der Waals surface area contributed by atoms with Gasteiger partial charge in [0.1, 0.15) is 0 Å². The van der Waals surface area contributed by atoms with E-state index in [0.29, 0.717) is 0 Å². The molecule has 0 aliphatic heterocycles. The van der Waals surface area contributed by atoms with Gasteiger partial charge in [0.25, 0.3) is 0 Å². The zero-order valence-electron chi connectivity index (χ0n) is 10.4. The van der Waals surface area contributed by atoms with Gasteiger partial charge in [0.05, 0.1) is 23.0 Å². The van der Waals surface area contributed by atoms with E-state index in [9.17, 15) is 0 Å². The molecule has 0 N–H and O–H groups in total. The van der Waals surface area contributed by atoms with Crippen molar-refractivity contribution in [2.24, 2.45) is 10.8 Å².